The van der Waals surface area contributed by atoms with E-state index in [2.05, 4.69) is 20.4 Å². The first-order valence-corrected chi connectivity index (χ1v) is 6.87. The molecule has 0 saturated heterocycles. The number of nitrogens with one attached hydrogen (secondary N) is 2. The molecule has 0 spiro atoms. The topological polar surface area (TPSA) is 62.7 Å². The maximum Gasteiger partial charge on any atom is 0.307 e. The number of rotatable bonds is 6. The third-order valence-electron chi connectivity index (χ3n) is 2.53. The number of methoxy groups -OCH3 is 1. The summed E-state index contributed by atoms with van der Waals surface area (Å²) in [7, 11) is 1.38. The highest BCUT2D eigenvalue weighted by molar-refractivity contribution is 14.0. The Kier molecular flexibility index (Phi) is 11.1. The van der Waals surface area contributed by atoms with Crippen molar-refractivity contribution in [1.29, 1.82) is 0 Å². The number of ether oxygens (including phenoxy) is 1. The van der Waals surface area contributed by atoms with E-state index in [1.54, 1.807) is 0 Å². The second-order valence-electron chi connectivity index (χ2n) is 4.07. The van der Waals surface area contributed by atoms with Gasteiger partial charge in [0.2, 0.25) is 0 Å². The first-order valence-electron chi connectivity index (χ1n) is 6.49. The van der Waals surface area contributed by atoms with Crippen molar-refractivity contribution >= 4 is 47.5 Å². The molecule has 1 aromatic rings. The predicted molar refractivity (Wildman–Crippen MR) is 96.3 cm³/mol. The van der Waals surface area contributed by atoms with Gasteiger partial charge in [-0.2, -0.15) is 0 Å². The summed E-state index contributed by atoms with van der Waals surface area (Å²) in [5.74, 6) is 0.428. The van der Waals surface area contributed by atoms with E-state index < -0.39 is 0 Å². The molecule has 1 rings (SSSR count). The fourth-order valence-corrected chi connectivity index (χ4v) is 1.61. The molecule has 0 aliphatic heterocycles. The number of benzene rings is 1. The molecule has 0 saturated carbocycles. The van der Waals surface area contributed by atoms with Crippen LogP contribution in [0.15, 0.2) is 29.3 Å². The van der Waals surface area contributed by atoms with Crippen molar-refractivity contribution in [3.8, 4) is 0 Å². The highest BCUT2D eigenvalue weighted by Gasteiger charge is 2.01. The lowest BCUT2D eigenvalue weighted by Gasteiger charge is -2.10. The van der Waals surface area contributed by atoms with E-state index in [0.29, 0.717) is 30.5 Å². The van der Waals surface area contributed by atoms with Gasteiger partial charge in [-0.25, -0.2) is 4.99 Å². The lowest BCUT2D eigenvalue weighted by molar-refractivity contribution is -0.140. The van der Waals surface area contributed by atoms with Gasteiger partial charge in [0.05, 0.1) is 20.1 Å². The Morgan fingerprint density at radius 1 is 1.29 bits per heavy atom. The van der Waals surface area contributed by atoms with E-state index in [1.807, 2.05) is 31.2 Å². The molecule has 118 valence electrons. The van der Waals surface area contributed by atoms with Crippen LogP contribution in [0.3, 0.4) is 0 Å². The Labute approximate surface area is 147 Å². The summed E-state index contributed by atoms with van der Waals surface area (Å²) in [6.45, 7) is 3.77. The average molecular weight is 426 g/mol. The van der Waals surface area contributed by atoms with E-state index in [-0.39, 0.29) is 29.9 Å². The number of hydrogen-bond donors (Lipinski definition) is 2. The molecule has 7 heteroatoms. The molecule has 0 atom stereocenters. The van der Waals surface area contributed by atoms with E-state index in [9.17, 15) is 4.79 Å². The van der Waals surface area contributed by atoms with Crippen LogP contribution in [0, 0.1) is 0 Å². The highest BCUT2D eigenvalue weighted by atomic mass is 127. The van der Waals surface area contributed by atoms with Gasteiger partial charge in [0.25, 0.3) is 0 Å². The Hall–Kier alpha value is -1.02. The second kappa shape index (κ2) is 11.6. The van der Waals surface area contributed by atoms with Crippen molar-refractivity contribution in [3.63, 3.8) is 0 Å². The molecule has 1 aromatic carbocycles. The van der Waals surface area contributed by atoms with Crippen LogP contribution in [0.5, 0.6) is 0 Å². The molecule has 0 heterocycles. The number of halogens is 2. The maximum absolute atomic E-state index is 11.0. The van der Waals surface area contributed by atoms with Crippen molar-refractivity contribution in [2.24, 2.45) is 4.99 Å². The van der Waals surface area contributed by atoms with Gasteiger partial charge < -0.3 is 15.4 Å². The minimum atomic E-state index is -0.244. The van der Waals surface area contributed by atoms with Gasteiger partial charge in [-0.1, -0.05) is 23.7 Å². The fourth-order valence-electron chi connectivity index (χ4n) is 1.49. The Balaban J connectivity index is 0.00000400. The van der Waals surface area contributed by atoms with E-state index in [4.69, 9.17) is 11.6 Å². The molecule has 0 radical (unpaired) electrons. The minimum absolute atomic E-state index is 0. The molecule has 2 N–H and O–H groups in total. The third-order valence-corrected chi connectivity index (χ3v) is 2.78. The SMILES string of the molecule is CCNC(=NCc1ccc(Cl)cc1)NCCC(=O)OC.I. The third kappa shape index (κ3) is 8.77. The molecule has 0 aromatic heterocycles. The van der Waals surface area contributed by atoms with Crippen LogP contribution in [0.4, 0.5) is 0 Å². The van der Waals surface area contributed by atoms with Crippen LogP contribution in [0.1, 0.15) is 18.9 Å². The number of nitrogens with zero attached hydrogens (tertiary/aromatic N) is 1. The number of carbonyl (C=O) groups is 1. The van der Waals surface area contributed by atoms with Crippen LogP contribution in [0.25, 0.3) is 0 Å². The quantitative estimate of drug-likeness (QED) is 0.318. The van der Waals surface area contributed by atoms with Gasteiger partial charge in [0, 0.05) is 18.1 Å². The van der Waals surface area contributed by atoms with E-state index in [0.717, 1.165) is 12.1 Å². The normalized spacial score (nSPS) is 10.5. The van der Waals surface area contributed by atoms with Gasteiger partial charge in [0.15, 0.2) is 5.96 Å². The predicted octanol–water partition coefficient (Wildman–Crippen LogP) is 2.58. The summed E-state index contributed by atoms with van der Waals surface area (Å²) < 4.78 is 4.58. The summed E-state index contributed by atoms with van der Waals surface area (Å²) in [5, 5.41) is 6.91. The van der Waals surface area contributed by atoms with Crippen molar-refractivity contribution in [1.82, 2.24) is 10.6 Å². The summed E-state index contributed by atoms with van der Waals surface area (Å²) in [5.41, 5.74) is 1.07. The monoisotopic (exact) mass is 425 g/mol. The Morgan fingerprint density at radius 2 is 1.95 bits per heavy atom. The number of guanidine groups is 1. The molecule has 0 bridgehead atoms. The molecule has 5 nitrogen and oxygen atoms in total. The first kappa shape index (κ1) is 20.0. The molecular weight excluding hydrogens is 405 g/mol. The van der Waals surface area contributed by atoms with Gasteiger partial charge >= 0.3 is 5.97 Å². The fraction of sp³-hybridized carbons (Fsp3) is 0.429. The number of hydrogen-bond acceptors (Lipinski definition) is 3. The summed E-state index contributed by atoms with van der Waals surface area (Å²) >= 11 is 5.83. The summed E-state index contributed by atoms with van der Waals surface area (Å²) in [6, 6.07) is 7.54. The average Bonchev–Trinajstić information content (AvgIpc) is 2.46. The molecule has 21 heavy (non-hydrogen) atoms. The molecular formula is C14H21ClIN3O2. The van der Waals surface area contributed by atoms with Crippen molar-refractivity contribution in [3.05, 3.63) is 34.9 Å². The molecule has 0 amide bonds. The van der Waals surface area contributed by atoms with Crippen LogP contribution >= 0.6 is 35.6 Å². The van der Waals surface area contributed by atoms with Crippen molar-refractivity contribution in [2.45, 2.75) is 19.9 Å². The Bertz CT molecular complexity index is 452. The zero-order valence-electron chi connectivity index (χ0n) is 12.2. The largest absolute Gasteiger partial charge is 0.469 e. The number of aliphatic imine (C=N–C) groups is 1. The first-order chi connectivity index (χ1) is 9.65. The molecule has 0 aliphatic rings. The second-order valence-corrected chi connectivity index (χ2v) is 4.51. The summed E-state index contributed by atoms with van der Waals surface area (Å²) in [4.78, 5) is 15.5. The van der Waals surface area contributed by atoms with Crippen LogP contribution < -0.4 is 10.6 Å². The van der Waals surface area contributed by atoms with Gasteiger partial charge in [0.1, 0.15) is 0 Å². The van der Waals surface area contributed by atoms with Crippen molar-refractivity contribution in [2.75, 3.05) is 20.2 Å². The number of carbonyl (C=O) groups excluding carboxylic acids is 1. The minimum Gasteiger partial charge on any atom is -0.469 e. The molecule has 0 unspecified atom stereocenters. The van der Waals surface area contributed by atoms with E-state index in [1.165, 1.54) is 7.11 Å². The lowest BCUT2D eigenvalue weighted by Crippen LogP contribution is -2.38. The standard InChI is InChI=1S/C14H20ClN3O2.HI/c1-3-16-14(17-9-8-13(19)20-2)18-10-11-4-6-12(15)7-5-11;/h4-7H,3,8-10H2,1-2H3,(H2,16,17,18);1H. The smallest absolute Gasteiger partial charge is 0.307 e. The van der Waals surface area contributed by atoms with Gasteiger partial charge in [-0.15, -0.1) is 24.0 Å². The lowest BCUT2D eigenvalue weighted by atomic mass is 10.2. The van der Waals surface area contributed by atoms with E-state index >= 15 is 0 Å². The zero-order valence-corrected chi connectivity index (χ0v) is 15.3. The Morgan fingerprint density at radius 3 is 2.52 bits per heavy atom. The number of esters is 1. The van der Waals surface area contributed by atoms with Gasteiger partial charge in [-0.05, 0) is 24.6 Å². The zero-order chi connectivity index (χ0) is 14.8. The summed E-state index contributed by atoms with van der Waals surface area (Å²) in [6.07, 6.45) is 0.307. The van der Waals surface area contributed by atoms with Gasteiger partial charge in [-0.3, -0.25) is 4.79 Å². The van der Waals surface area contributed by atoms with Crippen LogP contribution in [-0.2, 0) is 16.1 Å². The van der Waals surface area contributed by atoms with Crippen molar-refractivity contribution < 1.29 is 9.53 Å². The molecule has 0 aliphatic carbocycles. The highest BCUT2D eigenvalue weighted by Crippen LogP contribution is 2.09. The molecule has 0 fully saturated rings. The van der Waals surface area contributed by atoms with Crippen LogP contribution in [0.2, 0.25) is 5.02 Å². The van der Waals surface area contributed by atoms with Crippen LogP contribution in [-0.4, -0.2) is 32.1 Å². The maximum atomic E-state index is 11.0.